The van der Waals surface area contributed by atoms with E-state index < -0.39 is 29.0 Å². The van der Waals surface area contributed by atoms with E-state index in [9.17, 15) is 23.8 Å². The van der Waals surface area contributed by atoms with Crippen LogP contribution < -0.4 is 0 Å². The Morgan fingerprint density at radius 1 is 0.967 bits per heavy atom. The number of halogens is 2. The SMILES string of the molecule is CCCCCCCC[C@]12[C@@H](CCCCCC(O)(O)C(=O)OCCC)CC[C@H]1C2(F)F. The minimum Gasteiger partial charge on any atom is -0.462 e. The van der Waals surface area contributed by atoms with Crippen molar-refractivity contribution in [1.82, 2.24) is 0 Å². The summed E-state index contributed by atoms with van der Waals surface area (Å²) in [6.45, 7) is 4.18. The van der Waals surface area contributed by atoms with Crippen LogP contribution >= 0.6 is 0 Å². The Balaban J connectivity index is 1.71. The lowest BCUT2D eigenvalue weighted by Crippen LogP contribution is -2.40. The van der Waals surface area contributed by atoms with Crippen molar-refractivity contribution in [2.75, 3.05) is 6.61 Å². The summed E-state index contributed by atoms with van der Waals surface area (Å²) in [6.07, 6.45) is 12.2. The molecule has 2 aliphatic carbocycles. The van der Waals surface area contributed by atoms with Crippen LogP contribution in [-0.4, -0.2) is 34.5 Å². The van der Waals surface area contributed by atoms with Crippen molar-refractivity contribution in [1.29, 1.82) is 0 Å². The number of unbranched alkanes of at least 4 members (excludes halogenated alkanes) is 7. The number of fused-ring (bicyclic) bond motifs is 1. The largest absolute Gasteiger partial charge is 0.462 e. The number of hydrogen-bond donors (Lipinski definition) is 2. The first-order valence-electron chi connectivity index (χ1n) is 12.2. The van der Waals surface area contributed by atoms with Crippen LogP contribution in [0.15, 0.2) is 0 Å². The zero-order valence-corrected chi connectivity index (χ0v) is 18.9. The van der Waals surface area contributed by atoms with Crippen LogP contribution in [0.25, 0.3) is 0 Å². The monoisotopic (exact) mass is 432 g/mol. The maximum Gasteiger partial charge on any atom is 0.366 e. The Bertz CT molecular complexity index is 537. The molecule has 0 aromatic heterocycles. The number of rotatable bonds is 16. The fourth-order valence-electron chi connectivity index (χ4n) is 5.67. The molecule has 0 aromatic carbocycles. The Morgan fingerprint density at radius 2 is 1.63 bits per heavy atom. The number of aliphatic hydroxyl groups is 2. The summed E-state index contributed by atoms with van der Waals surface area (Å²) in [5.41, 5.74) is -0.764. The quantitative estimate of drug-likeness (QED) is 0.179. The number of alkyl halides is 2. The Morgan fingerprint density at radius 3 is 2.30 bits per heavy atom. The lowest BCUT2D eigenvalue weighted by Gasteiger charge is -2.25. The molecule has 0 radical (unpaired) electrons. The molecule has 0 bridgehead atoms. The van der Waals surface area contributed by atoms with E-state index in [0.29, 0.717) is 32.1 Å². The van der Waals surface area contributed by atoms with Crippen LogP contribution in [0.1, 0.15) is 110 Å². The molecule has 3 atom stereocenters. The van der Waals surface area contributed by atoms with E-state index in [1.54, 1.807) is 0 Å². The van der Waals surface area contributed by atoms with Crippen LogP contribution in [0.5, 0.6) is 0 Å². The summed E-state index contributed by atoms with van der Waals surface area (Å²) in [4.78, 5) is 11.6. The predicted octanol–water partition coefficient (Wildman–Crippen LogP) is 5.98. The van der Waals surface area contributed by atoms with Gasteiger partial charge in [-0.05, 0) is 44.4 Å². The number of hydrogen-bond acceptors (Lipinski definition) is 4. The van der Waals surface area contributed by atoms with Crippen molar-refractivity contribution < 1.29 is 28.5 Å². The second-order valence-corrected chi connectivity index (χ2v) is 9.56. The van der Waals surface area contributed by atoms with Gasteiger partial charge in [0.1, 0.15) is 0 Å². The number of carbonyl (C=O) groups excluding carboxylic acids is 1. The smallest absolute Gasteiger partial charge is 0.366 e. The molecule has 2 aliphatic rings. The summed E-state index contributed by atoms with van der Waals surface area (Å²) in [6, 6.07) is 0. The molecule has 6 heteroatoms. The highest BCUT2D eigenvalue weighted by molar-refractivity contribution is 5.77. The van der Waals surface area contributed by atoms with E-state index in [2.05, 4.69) is 6.92 Å². The summed E-state index contributed by atoms with van der Waals surface area (Å²) in [5.74, 6) is -6.28. The molecule has 30 heavy (non-hydrogen) atoms. The lowest BCUT2D eigenvalue weighted by atomic mass is 9.81. The maximum atomic E-state index is 14.6. The fraction of sp³-hybridized carbons (Fsp3) is 0.958. The molecule has 0 amide bonds. The van der Waals surface area contributed by atoms with Gasteiger partial charge in [0.2, 0.25) is 0 Å². The molecule has 0 unspecified atom stereocenters. The average Bonchev–Trinajstić information content (AvgIpc) is 2.98. The molecule has 2 N–H and O–H groups in total. The summed E-state index contributed by atoms with van der Waals surface area (Å²) in [7, 11) is 0. The lowest BCUT2D eigenvalue weighted by molar-refractivity contribution is -0.211. The molecule has 0 saturated heterocycles. The number of carbonyl (C=O) groups is 1. The van der Waals surface area contributed by atoms with E-state index in [1.807, 2.05) is 6.92 Å². The minimum absolute atomic E-state index is 0.0793. The number of esters is 1. The summed E-state index contributed by atoms with van der Waals surface area (Å²) in [5, 5.41) is 19.7. The molecule has 0 aliphatic heterocycles. The second kappa shape index (κ2) is 11.2. The fourth-order valence-corrected chi connectivity index (χ4v) is 5.67. The molecule has 2 fully saturated rings. The predicted molar refractivity (Wildman–Crippen MR) is 113 cm³/mol. The third-order valence-corrected chi connectivity index (χ3v) is 7.42. The van der Waals surface area contributed by atoms with Gasteiger partial charge in [0.15, 0.2) is 0 Å². The van der Waals surface area contributed by atoms with Gasteiger partial charge in [0, 0.05) is 17.8 Å². The van der Waals surface area contributed by atoms with Gasteiger partial charge in [-0.25, -0.2) is 13.6 Å². The van der Waals surface area contributed by atoms with Gasteiger partial charge in [0.25, 0.3) is 11.7 Å². The molecule has 2 saturated carbocycles. The van der Waals surface area contributed by atoms with Gasteiger partial charge in [-0.15, -0.1) is 0 Å². The maximum absolute atomic E-state index is 14.6. The zero-order chi connectivity index (χ0) is 22.3. The number of ether oxygens (including phenoxy) is 1. The molecule has 0 spiro atoms. The standard InChI is InChI=1S/C24H42F2O4/c1-3-5-6-7-8-11-16-22-19(14-15-20(22)24(22,25)26)13-10-9-12-17-23(28,29)21(27)30-18-4-2/h19-20,28-29H,3-18H2,1-2H3/t19-,20+,22-/m0/s1. The van der Waals surface area contributed by atoms with Gasteiger partial charge >= 0.3 is 5.97 Å². The van der Waals surface area contributed by atoms with Crippen LogP contribution in [-0.2, 0) is 9.53 Å². The van der Waals surface area contributed by atoms with Crippen LogP contribution in [0.4, 0.5) is 8.78 Å². The van der Waals surface area contributed by atoms with Crippen molar-refractivity contribution >= 4 is 5.97 Å². The molecule has 0 heterocycles. The molecular weight excluding hydrogens is 390 g/mol. The molecule has 0 aromatic rings. The normalized spacial score (nSPS) is 27.1. The van der Waals surface area contributed by atoms with Crippen molar-refractivity contribution in [3.63, 3.8) is 0 Å². The topological polar surface area (TPSA) is 66.8 Å². The van der Waals surface area contributed by atoms with E-state index in [4.69, 9.17) is 4.74 Å². The summed E-state index contributed by atoms with van der Waals surface area (Å²) >= 11 is 0. The highest BCUT2D eigenvalue weighted by Crippen LogP contribution is 2.78. The highest BCUT2D eigenvalue weighted by Gasteiger charge is 2.83. The average molecular weight is 433 g/mol. The third-order valence-electron chi connectivity index (χ3n) is 7.42. The van der Waals surface area contributed by atoms with Gasteiger partial charge in [-0.2, -0.15) is 0 Å². The van der Waals surface area contributed by atoms with Gasteiger partial charge in [0.05, 0.1) is 6.61 Å². The highest BCUT2D eigenvalue weighted by atomic mass is 19.3. The van der Waals surface area contributed by atoms with E-state index >= 15 is 0 Å². The molecule has 176 valence electrons. The van der Waals surface area contributed by atoms with E-state index in [-0.39, 0.29) is 18.9 Å². The van der Waals surface area contributed by atoms with E-state index in [1.165, 1.54) is 19.3 Å². The Kier molecular flexibility index (Phi) is 9.54. The molecule has 4 nitrogen and oxygen atoms in total. The molecule has 2 rings (SSSR count). The van der Waals surface area contributed by atoms with Gasteiger partial charge in [-0.1, -0.05) is 65.2 Å². The van der Waals surface area contributed by atoms with Gasteiger partial charge < -0.3 is 14.9 Å². The first-order chi connectivity index (χ1) is 14.2. The molecular formula is C24H42F2O4. The van der Waals surface area contributed by atoms with Crippen molar-refractivity contribution in [2.45, 2.75) is 122 Å². The zero-order valence-electron chi connectivity index (χ0n) is 18.9. The van der Waals surface area contributed by atoms with Crippen LogP contribution in [0, 0.1) is 17.3 Å². The minimum atomic E-state index is -2.49. The third kappa shape index (κ3) is 5.73. The van der Waals surface area contributed by atoms with Crippen molar-refractivity contribution in [3.05, 3.63) is 0 Å². The van der Waals surface area contributed by atoms with Crippen LogP contribution in [0.3, 0.4) is 0 Å². The Labute approximate surface area is 180 Å². The first kappa shape index (κ1) is 25.5. The second-order valence-electron chi connectivity index (χ2n) is 9.56. The van der Waals surface area contributed by atoms with Crippen LogP contribution in [0.2, 0.25) is 0 Å². The van der Waals surface area contributed by atoms with Gasteiger partial charge in [-0.3, -0.25) is 0 Å². The van der Waals surface area contributed by atoms with E-state index in [0.717, 1.165) is 38.5 Å². The Hall–Kier alpha value is -0.750. The van der Waals surface area contributed by atoms with Crippen molar-refractivity contribution in [3.8, 4) is 0 Å². The van der Waals surface area contributed by atoms with Crippen molar-refractivity contribution in [2.24, 2.45) is 17.3 Å². The summed E-state index contributed by atoms with van der Waals surface area (Å²) < 4.78 is 34.0. The first-order valence-corrected chi connectivity index (χ1v) is 12.2.